The van der Waals surface area contributed by atoms with E-state index in [0.717, 1.165) is 18.4 Å². The number of nitrogens with zero attached hydrogens (tertiary/aromatic N) is 1. The lowest BCUT2D eigenvalue weighted by atomic mass is 9.96. The van der Waals surface area contributed by atoms with E-state index in [2.05, 4.69) is 29.8 Å². The molecule has 1 amide bonds. The van der Waals surface area contributed by atoms with Crippen molar-refractivity contribution in [2.24, 2.45) is 5.41 Å². The Morgan fingerprint density at radius 1 is 1.67 bits per heavy atom. The van der Waals surface area contributed by atoms with Crippen LogP contribution in [-0.4, -0.2) is 36.0 Å². The van der Waals surface area contributed by atoms with Gasteiger partial charge in [0.1, 0.15) is 6.61 Å². The minimum Gasteiger partial charge on any atom is -0.448 e. The molecule has 0 atom stereocenters. The van der Waals surface area contributed by atoms with Gasteiger partial charge in [0.2, 0.25) is 0 Å². The number of amides is 1. The maximum atomic E-state index is 11.1. The third kappa shape index (κ3) is 2.37. The van der Waals surface area contributed by atoms with Crippen LogP contribution in [0.25, 0.3) is 0 Å². The normalized spacial score (nSPS) is 18.2. The molecule has 0 N–H and O–H groups in total. The highest BCUT2D eigenvalue weighted by atomic mass is 79.9. The molecular formula is C8H14BrNO2. The number of ether oxygens (including phenoxy) is 1. The van der Waals surface area contributed by atoms with Gasteiger partial charge in [-0.05, 0) is 5.41 Å². The number of carbonyl (C=O) groups excluding carboxylic acids is 1. The maximum Gasteiger partial charge on any atom is 0.409 e. The van der Waals surface area contributed by atoms with Crippen LogP contribution in [0.5, 0.6) is 0 Å². The van der Waals surface area contributed by atoms with E-state index in [-0.39, 0.29) is 11.5 Å². The fourth-order valence-electron chi connectivity index (χ4n) is 1.13. The molecule has 0 spiro atoms. The Kier molecular flexibility index (Phi) is 2.99. The van der Waals surface area contributed by atoms with Gasteiger partial charge in [-0.1, -0.05) is 29.8 Å². The predicted molar refractivity (Wildman–Crippen MR) is 50.5 cm³/mol. The van der Waals surface area contributed by atoms with Crippen molar-refractivity contribution in [3.05, 3.63) is 0 Å². The highest BCUT2D eigenvalue weighted by molar-refractivity contribution is 9.09. The summed E-state index contributed by atoms with van der Waals surface area (Å²) in [6.07, 6.45) is -0.177. The number of hydrogen-bond acceptors (Lipinski definition) is 2. The SMILES string of the molecule is CC(C)(CBr)CN1CCOC1=O. The van der Waals surface area contributed by atoms with Gasteiger partial charge in [0.25, 0.3) is 0 Å². The minimum atomic E-state index is -0.177. The van der Waals surface area contributed by atoms with E-state index in [9.17, 15) is 4.79 Å². The molecule has 1 fully saturated rings. The van der Waals surface area contributed by atoms with Gasteiger partial charge in [-0.2, -0.15) is 0 Å². The first-order chi connectivity index (χ1) is 5.55. The van der Waals surface area contributed by atoms with Gasteiger partial charge < -0.3 is 9.64 Å². The molecule has 0 aromatic carbocycles. The lowest BCUT2D eigenvalue weighted by molar-refractivity contribution is 0.149. The Balaban J connectivity index is 2.45. The summed E-state index contributed by atoms with van der Waals surface area (Å²) in [5, 5.41) is 0.893. The summed E-state index contributed by atoms with van der Waals surface area (Å²) in [5.41, 5.74) is 0.128. The van der Waals surface area contributed by atoms with E-state index in [1.807, 2.05) is 0 Å². The van der Waals surface area contributed by atoms with Crippen LogP contribution in [0.2, 0.25) is 0 Å². The Bertz CT molecular complexity index is 182. The van der Waals surface area contributed by atoms with Crippen molar-refractivity contribution in [3.63, 3.8) is 0 Å². The first kappa shape index (κ1) is 9.84. The van der Waals surface area contributed by atoms with Crippen LogP contribution in [-0.2, 0) is 4.74 Å². The van der Waals surface area contributed by atoms with Crippen LogP contribution in [0, 0.1) is 5.41 Å². The van der Waals surface area contributed by atoms with Crippen molar-refractivity contribution < 1.29 is 9.53 Å². The molecule has 4 heteroatoms. The number of rotatable bonds is 3. The molecule has 0 bridgehead atoms. The summed E-state index contributed by atoms with van der Waals surface area (Å²) >= 11 is 3.42. The highest BCUT2D eigenvalue weighted by Gasteiger charge is 2.28. The summed E-state index contributed by atoms with van der Waals surface area (Å²) in [6, 6.07) is 0. The molecule has 12 heavy (non-hydrogen) atoms. The van der Waals surface area contributed by atoms with Crippen LogP contribution >= 0.6 is 15.9 Å². The van der Waals surface area contributed by atoms with Crippen LogP contribution in [0.1, 0.15) is 13.8 Å². The fraction of sp³-hybridized carbons (Fsp3) is 0.875. The monoisotopic (exact) mass is 235 g/mol. The quantitative estimate of drug-likeness (QED) is 0.700. The van der Waals surface area contributed by atoms with E-state index < -0.39 is 0 Å². The van der Waals surface area contributed by atoms with Gasteiger partial charge in [0, 0.05) is 11.9 Å². The van der Waals surface area contributed by atoms with Crippen molar-refractivity contribution in [1.29, 1.82) is 0 Å². The largest absolute Gasteiger partial charge is 0.448 e. The molecule has 0 saturated carbocycles. The van der Waals surface area contributed by atoms with Crippen LogP contribution in [0.15, 0.2) is 0 Å². The first-order valence-electron chi connectivity index (χ1n) is 4.03. The molecule has 0 radical (unpaired) electrons. The van der Waals surface area contributed by atoms with Crippen molar-refractivity contribution in [2.75, 3.05) is 25.0 Å². The predicted octanol–water partition coefficient (Wildman–Crippen LogP) is 1.86. The Hall–Kier alpha value is -0.250. The van der Waals surface area contributed by atoms with E-state index in [1.165, 1.54) is 0 Å². The molecule has 1 aliphatic rings. The summed E-state index contributed by atoms with van der Waals surface area (Å²) in [5.74, 6) is 0. The standard InChI is InChI=1S/C8H14BrNO2/c1-8(2,5-9)6-10-3-4-12-7(10)11/h3-6H2,1-2H3. The summed E-state index contributed by atoms with van der Waals surface area (Å²) in [4.78, 5) is 12.8. The zero-order valence-electron chi connectivity index (χ0n) is 7.47. The van der Waals surface area contributed by atoms with E-state index in [1.54, 1.807) is 4.90 Å². The van der Waals surface area contributed by atoms with E-state index in [0.29, 0.717) is 6.61 Å². The molecule has 0 aromatic rings. The van der Waals surface area contributed by atoms with Crippen molar-refractivity contribution >= 4 is 22.0 Å². The lowest BCUT2D eigenvalue weighted by Crippen LogP contribution is -2.35. The number of hydrogen-bond donors (Lipinski definition) is 0. The minimum absolute atomic E-state index is 0.128. The molecule has 1 heterocycles. The molecule has 1 saturated heterocycles. The van der Waals surface area contributed by atoms with Gasteiger partial charge in [0.15, 0.2) is 0 Å². The third-order valence-corrected chi connectivity index (χ3v) is 3.34. The highest BCUT2D eigenvalue weighted by Crippen LogP contribution is 2.21. The fourth-order valence-corrected chi connectivity index (χ4v) is 1.31. The first-order valence-corrected chi connectivity index (χ1v) is 5.15. The van der Waals surface area contributed by atoms with Gasteiger partial charge >= 0.3 is 6.09 Å². The molecule has 0 unspecified atom stereocenters. The summed E-state index contributed by atoms with van der Waals surface area (Å²) in [7, 11) is 0. The van der Waals surface area contributed by atoms with E-state index >= 15 is 0 Å². The Morgan fingerprint density at radius 2 is 2.33 bits per heavy atom. The van der Waals surface area contributed by atoms with Gasteiger partial charge in [-0.15, -0.1) is 0 Å². The van der Waals surface area contributed by atoms with Gasteiger partial charge in [-0.3, -0.25) is 0 Å². The zero-order valence-corrected chi connectivity index (χ0v) is 9.06. The third-order valence-electron chi connectivity index (χ3n) is 1.83. The second-order valence-electron chi connectivity index (χ2n) is 3.83. The Morgan fingerprint density at radius 3 is 2.75 bits per heavy atom. The average Bonchev–Trinajstić information content (AvgIpc) is 2.36. The summed E-state index contributed by atoms with van der Waals surface area (Å²) < 4.78 is 4.83. The van der Waals surface area contributed by atoms with Crippen LogP contribution < -0.4 is 0 Å². The number of halogens is 1. The molecule has 1 rings (SSSR count). The lowest BCUT2D eigenvalue weighted by Gasteiger charge is -2.26. The molecule has 0 aromatic heterocycles. The molecule has 0 aliphatic carbocycles. The second-order valence-corrected chi connectivity index (χ2v) is 4.39. The number of cyclic esters (lactones) is 1. The molecule has 1 aliphatic heterocycles. The second kappa shape index (κ2) is 3.64. The molecule has 70 valence electrons. The number of alkyl halides is 1. The Labute approximate surface area is 81.2 Å². The molecule has 3 nitrogen and oxygen atoms in total. The van der Waals surface area contributed by atoms with Crippen LogP contribution in [0.3, 0.4) is 0 Å². The van der Waals surface area contributed by atoms with Crippen LogP contribution in [0.4, 0.5) is 4.79 Å². The van der Waals surface area contributed by atoms with Crippen molar-refractivity contribution in [2.45, 2.75) is 13.8 Å². The maximum absolute atomic E-state index is 11.1. The molecular weight excluding hydrogens is 222 g/mol. The number of carbonyl (C=O) groups is 1. The van der Waals surface area contributed by atoms with Crippen molar-refractivity contribution in [1.82, 2.24) is 4.90 Å². The van der Waals surface area contributed by atoms with E-state index in [4.69, 9.17) is 4.74 Å². The topological polar surface area (TPSA) is 29.5 Å². The van der Waals surface area contributed by atoms with Crippen molar-refractivity contribution in [3.8, 4) is 0 Å². The summed E-state index contributed by atoms with van der Waals surface area (Å²) in [6.45, 7) is 6.27. The average molecular weight is 236 g/mol. The van der Waals surface area contributed by atoms with Gasteiger partial charge in [-0.25, -0.2) is 4.79 Å². The zero-order chi connectivity index (χ0) is 9.19. The van der Waals surface area contributed by atoms with Gasteiger partial charge in [0.05, 0.1) is 6.54 Å². The smallest absolute Gasteiger partial charge is 0.409 e.